The second kappa shape index (κ2) is 8.38. The van der Waals surface area contributed by atoms with Crippen LogP contribution in [-0.2, 0) is 10.2 Å². The second-order valence-corrected chi connectivity index (χ2v) is 9.87. The molecule has 2 aromatic rings. The van der Waals surface area contributed by atoms with Crippen LogP contribution in [0.25, 0.3) is 0 Å². The lowest BCUT2D eigenvalue weighted by Gasteiger charge is -2.37. The zero-order chi connectivity index (χ0) is 23.1. The Labute approximate surface area is 189 Å². The van der Waals surface area contributed by atoms with Gasteiger partial charge in [0.1, 0.15) is 23.1 Å². The van der Waals surface area contributed by atoms with Gasteiger partial charge in [-0.1, -0.05) is 62.2 Å². The van der Waals surface area contributed by atoms with Crippen molar-refractivity contribution in [1.82, 2.24) is 5.32 Å². The van der Waals surface area contributed by atoms with Crippen LogP contribution in [0.5, 0.6) is 0 Å². The van der Waals surface area contributed by atoms with Crippen LogP contribution < -0.4 is 5.32 Å². The maximum atomic E-state index is 15.2. The molecule has 1 saturated heterocycles. The quantitative estimate of drug-likeness (QED) is 0.607. The van der Waals surface area contributed by atoms with Gasteiger partial charge in [0.2, 0.25) is 0 Å². The van der Waals surface area contributed by atoms with Crippen LogP contribution in [0.1, 0.15) is 44.2 Å². The van der Waals surface area contributed by atoms with Gasteiger partial charge in [-0.3, -0.25) is 10.1 Å². The molecule has 3 unspecified atom stereocenters. The fourth-order valence-electron chi connectivity index (χ4n) is 4.54. The lowest BCUT2D eigenvalue weighted by molar-refractivity contribution is -0.139. The summed E-state index contributed by atoms with van der Waals surface area (Å²) in [6, 6.07) is 8.16. The Balaban J connectivity index is 2.38. The van der Waals surface area contributed by atoms with Gasteiger partial charge in [-0.25, -0.2) is 8.78 Å². The minimum Gasteiger partial charge on any atom is -0.480 e. The molecule has 8 heteroatoms. The van der Waals surface area contributed by atoms with Gasteiger partial charge in [-0.05, 0) is 35.6 Å². The summed E-state index contributed by atoms with van der Waals surface area (Å²) in [4.78, 5) is 12.2. The van der Waals surface area contributed by atoms with E-state index in [-0.39, 0.29) is 26.6 Å². The first-order valence-corrected chi connectivity index (χ1v) is 10.5. The molecule has 0 aliphatic carbocycles. The minimum atomic E-state index is -1.73. The van der Waals surface area contributed by atoms with E-state index in [9.17, 15) is 15.2 Å². The molecule has 0 saturated carbocycles. The lowest BCUT2D eigenvalue weighted by atomic mass is 9.62. The van der Waals surface area contributed by atoms with E-state index in [1.165, 1.54) is 30.3 Å². The molecular weight excluding hydrogens is 445 g/mol. The molecule has 2 aromatic carbocycles. The third-order valence-electron chi connectivity index (χ3n) is 5.72. The molecule has 1 heterocycles. The van der Waals surface area contributed by atoms with Crippen LogP contribution >= 0.6 is 23.2 Å². The van der Waals surface area contributed by atoms with Crippen LogP contribution in [0.2, 0.25) is 10.0 Å². The third-order valence-corrected chi connectivity index (χ3v) is 6.24. The molecule has 31 heavy (non-hydrogen) atoms. The Hall–Kier alpha value is -2.20. The van der Waals surface area contributed by atoms with Crippen molar-refractivity contribution >= 4 is 29.2 Å². The molecule has 0 bridgehead atoms. The number of rotatable bonds is 4. The van der Waals surface area contributed by atoms with Gasteiger partial charge in [0.05, 0.1) is 11.1 Å². The summed E-state index contributed by atoms with van der Waals surface area (Å²) in [6.07, 6.45) is 0.338. The predicted octanol–water partition coefficient (Wildman–Crippen LogP) is 5.68. The number of benzene rings is 2. The number of halogens is 4. The van der Waals surface area contributed by atoms with E-state index in [2.05, 4.69) is 11.4 Å². The van der Waals surface area contributed by atoms with Gasteiger partial charge in [0, 0.05) is 22.5 Å². The molecular formula is C23H22Cl2F2N2O2. The number of nitrogens with zero attached hydrogens (tertiary/aromatic N) is 1. The van der Waals surface area contributed by atoms with Crippen molar-refractivity contribution < 1.29 is 18.7 Å². The van der Waals surface area contributed by atoms with Crippen molar-refractivity contribution in [3.05, 3.63) is 69.2 Å². The van der Waals surface area contributed by atoms with E-state index in [1.807, 2.05) is 20.8 Å². The highest BCUT2D eigenvalue weighted by atomic mass is 35.5. The average Bonchev–Trinajstić information content (AvgIpc) is 2.97. The summed E-state index contributed by atoms with van der Waals surface area (Å²) >= 11 is 11.9. The molecule has 164 valence electrons. The van der Waals surface area contributed by atoms with Crippen molar-refractivity contribution in [1.29, 1.82) is 5.26 Å². The zero-order valence-electron chi connectivity index (χ0n) is 17.2. The van der Waals surface area contributed by atoms with Crippen molar-refractivity contribution in [2.24, 2.45) is 5.41 Å². The highest BCUT2D eigenvalue weighted by molar-refractivity contribution is 6.31. The molecule has 0 spiro atoms. The number of carboxylic acids is 1. The van der Waals surface area contributed by atoms with E-state index in [1.54, 1.807) is 0 Å². The Morgan fingerprint density at radius 2 is 1.94 bits per heavy atom. The summed E-state index contributed by atoms with van der Waals surface area (Å²) in [6.45, 7) is 5.79. The first-order chi connectivity index (χ1) is 14.4. The first kappa shape index (κ1) is 23.5. The number of aliphatic carboxylic acids is 1. The maximum absolute atomic E-state index is 15.2. The van der Waals surface area contributed by atoms with Crippen molar-refractivity contribution in [3.63, 3.8) is 0 Å². The van der Waals surface area contributed by atoms with Gasteiger partial charge in [-0.2, -0.15) is 5.26 Å². The largest absolute Gasteiger partial charge is 0.480 e. The summed E-state index contributed by atoms with van der Waals surface area (Å²) in [5, 5.41) is 23.4. The number of nitriles is 1. The SMILES string of the molecule is CC(C)(C)CC1NC(C(=O)O)C(c2cccc(Cl)c2F)[C@]1(C#N)c1ccc(Cl)cc1F. The van der Waals surface area contributed by atoms with Crippen molar-refractivity contribution in [2.45, 2.75) is 50.6 Å². The number of hydrogen-bond acceptors (Lipinski definition) is 3. The Bertz CT molecular complexity index is 1060. The van der Waals surface area contributed by atoms with Crippen LogP contribution in [-0.4, -0.2) is 23.2 Å². The summed E-state index contributed by atoms with van der Waals surface area (Å²) in [5.41, 5.74) is -2.15. The monoisotopic (exact) mass is 466 g/mol. The highest BCUT2D eigenvalue weighted by Crippen LogP contribution is 2.52. The van der Waals surface area contributed by atoms with E-state index in [4.69, 9.17) is 23.2 Å². The number of hydrogen-bond donors (Lipinski definition) is 2. The summed E-state index contributed by atoms with van der Waals surface area (Å²) < 4.78 is 30.3. The van der Waals surface area contributed by atoms with Gasteiger partial charge in [0.15, 0.2) is 0 Å². The Morgan fingerprint density at radius 1 is 1.26 bits per heavy atom. The minimum absolute atomic E-state index is 0.0331. The molecule has 0 amide bonds. The van der Waals surface area contributed by atoms with Crippen LogP contribution in [0.4, 0.5) is 8.78 Å². The molecule has 1 aliphatic heterocycles. The van der Waals surface area contributed by atoms with E-state index < -0.39 is 41.0 Å². The molecule has 4 nitrogen and oxygen atoms in total. The Kier molecular flexibility index (Phi) is 6.35. The maximum Gasteiger partial charge on any atom is 0.321 e. The zero-order valence-corrected chi connectivity index (χ0v) is 18.7. The third kappa shape index (κ3) is 4.15. The molecule has 0 radical (unpaired) electrons. The second-order valence-electron chi connectivity index (χ2n) is 9.03. The van der Waals surface area contributed by atoms with Gasteiger partial charge in [-0.15, -0.1) is 0 Å². The molecule has 1 aliphatic rings. The average molecular weight is 467 g/mol. The molecule has 4 atom stereocenters. The topological polar surface area (TPSA) is 73.1 Å². The highest BCUT2D eigenvalue weighted by Gasteiger charge is 2.61. The smallest absolute Gasteiger partial charge is 0.321 e. The van der Waals surface area contributed by atoms with Crippen LogP contribution in [0.3, 0.4) is 0 Å². The number of nitrogens with one attached hydrogen (secondary N) is 1. The number of carbonyl (C=O) groups is 1. The first-order valence-electron chi connectivity index (χ1n) is 9.72. The van der Waals surface area contributed by atoms with Crippen molar-refractivity contribution in [3.8, 4) is 6.07 Å². The van der Waals surface area contributed by atoms with Gasteiger partial charge in [0.25, 0.3) is 0 Å². The van der Waals surface area contributed by atoms with E-state index >= 15 is 8.78 Å². The summed E-state index contributed by atoms with van der Waals surface area (Å²) in [5.74, 6) is -4.09. The van der Waals surface area contributed by atoms with Crippen molar-refractivity contribution in [2.75, 3.05) is 0 Å². The van der Waals surface area contributed by atoms with E-state index in [0.29, 0.717) is 6.42 Å². The summed E-state index contributed by atoms with van der Waals surface area (Å²) in [7, 11) is 0. The predicted molar refractivity (Wildman–Crippen MR) is 115 cm³/mol. The Morgan fingerprint density at radius 3 is 2.48 bits per heavy atom. The molecule has 3 rings (SSSR count). The fraction of sp³-hybridized carbons (Fsp3) is 0.391. The molecule has 1 fully saturated rings. The van der Waals surface area contributed by atoms with Crippen LogP contribution in [0, 0.1) is 28.4 Å². The normalized spacial score (nSPS) is 25.9. The lowest BCUT2D eigenvalue weighted by Crippen LogP contribution is -2.44. The van der Waals surface area contributed by atoms with Crippen LogP contribution in [0.15, 0.2) is 36.4 Å². The standard InChI is InChI=1S/C23H22Cl2F2N2O2/c1-22(2,3)10-17-23(11-28,14-8-7-12(24)9-16(14)26)18(20(29-17)21(30)31)13-5-4-6-15(25)19(13)27/h4-9,17-18,20,29H,10H2,1-3H3,(H,30,31)/t17?,18?,20?,23-/m1/s1. The van der Waals surface area contributed by atoms with Gasteiger partial charge >= 0.3 is 5.97 Å². The van der Waals surface area contributed by atoms with E-state index in [0.717, 1.165) is 6.07 Å². The molecule has 0 aromatic heterocycles. The molecule has 2 N–H and O–H groups in total. The van der Waals surface area contributed by atoms with Gasteiger partial charge < -0.3 is 5.11 Å². The number of carboxylic acid groups (broad SMARTS) is 1. The fourth-order valence-corrected chi connectivity index (χ4v) is 4.88.